The number of rotatable bonds is 9. The van der Waals surface area contributed by atoms with Crippen LogP contribution in [0.25, 0.3) is 0 Å². The minimum absolute atomic E-state index is 0. The number of aliphatic carboxylic acids is 1. The van der Waals surface area contributed by atoms with Gasteiger partial charge in [-0.15, -0.1) is 12.4 Å². The molecule has 0 aromatic heterocycles. The summed E-state index contributed by atoms with van der Waals surface area (Å²) in [7, 11) is 0. The molecular weight excluding hydrogens is 414 g/mol. The van der Waals surface area contributed by atoms with E-state index in [1.165, 1.54) is 13.8 Å². The number of amides is 3. The van der Waals surface area contributed by atoms with Crippen molar-refractivity contribution in [2.24, 2.45) is 0 Å². The van der Waals surface area contributed by atoms with Crippen molar-refractivity contribution in [1.29, 1.82) is 0 Å². The van der Waals surface area contributed by atoms with Gasteiger partial charge in [0.05, 0.1) is 19.2 Å². The number of aryl methyl sites for hydroxylation is 1. The van der Waals surface area contributed by atoms with Crippen LogP contribution >= 0.6 is 12.4 Å². The van der Waals surface area contributed by atoms with E-state index in [1.807, 2.05) is 30.3 Å². The van der Waals surface area contributed by atoms with Crippen LogP contribution in [-0.4, -0.2) is 64.7 Å². The Bertz CT molecular complexity index is 775. The van der Waals surface area contributed by atoms with Crippen molar-refractivity contribution >= 4 is 36.3 Å². The number of hydrogen-bond donors (Lipinski definition) is 3. The van der Waals surface area contributed by atoms with Gasteiger partial charge in [-0.1, -0.05) is 30.3 Å². The molecule has 3 atom stereocenters. The van der Waals surface area contributed by atoms with Crippen LogP contribution in [0.5, 0.6) is 0 Å². The third-order valence-corrected chi connectivity index (χ3v) is 4.92. The fraction of sp³-hybridized carbons (Fsp3) is 0.500. The van der Waals surface area contributed by atoms with E-state index in [2.05, 4.69) is 10.6 Å². The fourth-order valence-electron chi connectivity index (χ4n) is 3.18. The van der Waals surface area contributed by atoms with Crippen molar-refractivity contribution < 1.29 is 29.0 Å². The van der Waals surface area contributed by atoms with Crippen LogP contribution in [0.15, 0.2) is 30.3 Å². The predicted octanol–water partition coefficient (Wildman–Crippen LogP) is 1.35. The second-order valence-electron chi connectivity index (χ2n) is 7.13. The van der Waals surface area contributed by atoms with Gasteiger partial charge in [-0.2, -0.15) is 0 Å². The van der Waals surface area contributed by atoms with E-state index in [1.54, 1.807) is 6.92 Å². The Morgan fingerprint density at radius 2 is 1.93 bits per heavy atom. The lowest BCUT2D eigenvalue weighted by Gasteiger charge is -2.31. The Morgan fingerprint density at radius 3 is 2.50 bits per heavy atom. The van der Waals surface area contributed by atoms with E-state index in [-0.39, 0.29) is 25.6 Å². The Labute approximate surface area is 181 Å². The number of halogens is 1. The molecule has 3 N–H and O–H groups in total. The van der Waals surface area contributed by atoms with Gasteiger partial charge >= 0.3 is 18.0 Å². The number of nitrogens with zero attached hydrogens (tertiary/aromatic N) is 1. The number of urea groups is 1. The molecule has 1 aliphatic heterocycles. The van der Waals surface area contributed by atoms with Gasteiger partial charge in [0.1, 0.15) is 6.04 Å². The molecule has 0 aliphatic carbocycles. The zero-order valence-electron chi connectivity index (χ0n) is 17.2. The third kappa shape index (κ3) is 5.70. The van der Waals surface area contributed by atoms with E-state index in [4.69, 9.17) is 4.74 Å². The van der Waals surface area contributed by atoms with Crippen LogP contribution in [0, 0.1) is 0 Å². The number of esters is 1. The van der Waals surface area contributed by atoms with Gasteiger partial charge in [0, 0.05) is 0 Å². The molecular formula is C20H28ClN3O6. The zero-order valence-corrected chi connectivity index (χ0v) is 18.0. The van der Waals surface area contributed by atoms with Gasteiger partial charge in [-0.3, -0.25) is 14.9 Å². The molecule has 1 aromatic rings. The lowest BCUT2D eigenvalue weighted by Crippen LogP contribution is -2.59. The first-order valence-corrected chi connectivity index (χ1v) is 9.52. The monoisotopic (exact) mass is 441 g/mol. The molecule has 0 radical (unpaired) electrons. The smallest absolute Gasteiger partial charge is 0.331 e. The van der Waals surface area contributed by atoms with Gasteiger partial charge in [-0.25, -0.2) is 14.5 Å². The second kappa shape index (κ2) is 10.9. The first-order valence-electron chi connectivity index (χ1n) is 9.52. The summed E-state index contributed by atoms with van der Waals surface area (Å²) in [5, 5.41) is 14.8. The van der Waals surface area contributed by atoms with Gasteiger partial charge < -0.3 is 15.2 Å². The average Bonchev–Trinajstić information content (AvgIpc) is 3.01. The topological polar surface area (TPSA) is 125 Å². The average molecular weight is 442 g/mol. The van der Waals surface area contributed by atoms with Crippen molar-refractivity contribution in [3.8, 4) is 0 Å². The molecule has 3 amide bonds. The highest BCUT2D eigenvalue weighted by molar-refractivity contribution is 6.04. The molecule has 0 saturated carbocycles. The standard InChI is InChI=1S/C20H27N3O6.ClH/c1-4-29-17(25)15(11-10-14-8-6-5-7-9-14)22-13(2)16(24)23-19(28)21-12-20(23,3)18(26)27;/h5-9,13,15,22H,4,10-12H2,1-3H3,(H,21,28)(H,26,27);1H/t13-,15-,20?;/m0./s1. The molecule has 30 heavy (non-hydrogen) atoms. The van der Waals surface area contributed by atoms with Crippen molar-refractivity contribution in [2.45, 2.75) is 51.2 Å². The van der Waals surface area contributed by atoms with Crippen LogP contribution in [0.2, 0.25) is 0 Å². The normalized spacial score (nSPS) is 20.0. The first kappa shape index (κ1) is 25.4. The van der Waals surface area contributed by atoms with Crippen LogP contribution in [0.1, 0.15) is 32.8 Å². The Balaban J connectivity index is 0.00000450. The SMILES string of the molecule is CCOC(=O)[C@H](CCc1ccccc1)N[C@@H](C)C(=O)N1C(=O)NCC1(C)C(=O)O.Cl. The molecule has 1 heterocycles. The van der Waals surface area contributed by atoms with Crippen molar-refractivity contribution in [1.82, 2.24) is 15.5 Å². The molecule has 166 valence electrons. The van der Waals surface area contributed by atoms with Gasteiger partial charge in [0.25, 0.3) is 0 Å². The molecule has 10 heteroatoms. The van der Waals surface area contributed by atoms with Crippen LogP contribution in [0.3, 0.4) is 0 Å². The number of carbonyl (C=O) groups excluding carboxylic acids is 3. The van der Waals surface area contributed by atoms with Crippen LogP contribution in [0.4, 0.5) is 4.79 Å². The molecule has 1 aliphatic rings. The number of ether oxygens (including phenoxy) is 1. The molecule has 1 unspecified atom stereocenters. The fourth-order valence-corrected chi connectivity index (χ4v) is 3.18. The summed E-state index contributed by atoms with van der Waals surface area (Å²) in [6, 6.07) is 7.03. The van der Waals surface area contributed by atoms with Crippen LogP contribution in [-0.2, 0) is 25.5 Å². The molecule has 9 nitrogen and oxygen atoms in total. The maximum atomic E-state index is 12.9. The molecule has 1 fully saturated rings. The molecule has 0 spiro atoms. The molecule has 2 rings (SSSR count). The molecule has 1 aromatic carbocycles. The number of carboxylic acids is 1. The van der Waals surface area contributed by atoms with Crippen molar-refractivity contribution in [3.05, 3.63) is 35.9 Å². The number of carbonyl (C=O) groups is 4. The molecule has 1 saturated heterocycles. The maximum Gasteiger partial charge on any atom is 0.331 e. The van der Waals surface area contributed by atoms with Gasteiger partial charge in [0.15, 0.2) is 5.54 Å². The minimum Gasteiger partial charge on any atom is -0.479 e. The number of benzene rings is 1. The lowest BCUT2D eigenvalue weighted by molar-refractivity contribution is -0.153. The summed E-state index contributed by atoms with van der Waals surface area (Å²) in [5.74, 6) is -2.52. The Hall–Kier alpha value is -2.65. The predicted molar refractivity (Wildman–Crippen MR) is 111 cm³/mol. The largest absolute Gasteiger partial charge is 0.479 e. The Morgan fingerprint density at radius 1 is 1.30 bits per heavy atom. The highest BCUT2D eigenvalue weighted by Gasteiger charge is 2.52. The van der Waals surface area contributed by atoms with Crippen molar-refractivity contribution in [3.63, 3.8) is 0 Å². The van der Waals surface area contributed by atoms with E-state index < -0.39 is 41.5 Å². The number of imide groups is 1. The summed E-state index contributed by atoms with van der Waals surface area (Å²) in [6.07, 6.45) is 0.956. The highest BCUT2D eigenvalue weighted by atomic mass is 35.5. The number of carboxylic acid groups (broad SMARTS) is 1. The molecule has 0 bridgehead atoms. The first-order chi connectivity index (χ1) is 13.7. The quantitative estimate of drug-likeness (QED) is 0.494. The van der Waals surface area contributed by atoms with Gasteiger partial charge in [-0.05, 0) is 39.2 Å². The van der Waals surface area contributed by atoms with E-state index >= 15 is 0 Å². The second-order valence-corrected chi connectivity index (χ2v) is 7.13. The van der Waals surface area contributed by atoms with Gasteiger partial charge in [0.2, 0.25) is 5.91 Å². The van der Waals surface area contributed by atoms with E-state index in [0.717, 1.165) is 5.56 Å². The third-order valence-electron chi connectivity index (χ3n) is 4.92. The minimum atomic E-state index is -1.69. The van der Waals surface area contributed by atoms with E-state index in [9.17, 15) is 24.3 Å². The number of nitrogens with one attached hydrogen (secondary N) is 2. The summed E-state index contributed by atoms with van der Waals surface area (Å²) < 4.78 is 5.10. The highest BCUT2D eigenvalue weighted by Crippen LogP contribution is 2.22. The summed E-state index contributed by atoms with van der Waals surface area (Å²) in [4.78, 5) is 49.6. The van der Waals surface area contributed by atoms with E-state index in [0.29, 0.717) is 17.7 Å². The number of hydrogen-bond acceptors (Lipinski definition) is 6. The Kier molecular flexibility index (Phi) is 9.25. The summed E-state index contributed by atoms with van der Waals surface area (Å²) >= 11 is 0. The van der Waals surface area contributed by atoms with Crippen molar-refractivity contribution in [2.75, 3.05) is 13.2 Å². The summed E-state index contributed by atoms with van der Waals surface area (Å²) in [5.41, 5.74) is -0.659. The summed E-state index contributed by atoms with van der Waals surface area (Å²) in [6.45, 7) is 4.49. The van der Waals surface area contributed by atoms with Crippen LogP contribution < -0.4 is 10.6 Å². The lowest BCUT2D eigenvalue weighted by atomic mass is 10.0. The maximum absolute atomic E-state index is 12.9. The zero-order chi connectivity index (χ0) is 21.6.